The normalized spacial score (nSPS) is 13.7. The predicted molar refractivity (Wildman–Crippen MR) is 108 cm³/mol. The van der Waals surface area contributed by atoms with Gasteiger partial charge in [-0.2, -0.15) is 0 Å². The summed E-state index contributed by atoms with van der Waals surface area (Å²) in [6, 6.07) is 15.8. The van der Waals surface area contributed by atoms with Gasteiger partial charge in [-0.3, -0.25) is 4.79 Å². The number of hydrogen-bond donors (Lipinski definition) is 0. The molecule has 1 amide bonds. The highest BCUT2D eigenvalue weighted by Gasteiger charge is 2.36. The van der Waals surface area contributed by atoms with Crippen molar-refractivity contribution >= 4 is 11.6 Å². The third-order valence-corrected chi connectivity index (χ3v) is 4.87. The molecule has 0 N–H and O–H groups in total. The van der Waals surface area contributed by atoms with E-state index >= 15 is 0 Å². The lowest BCUT2D eigenvalue weighted by molar-refractivity contribution is 0.0966. The molecule has 0 fully saturated rings. The van der Waals surface area contributed by atoms with Crippen LogP contribution in [0.2, 0.25) is 0 Å². The minimum Gasteiger partial charge on any atom is -0.302 e. The molecule has 2 aromatic carbocycles. The first-order valence-corrected chi connectivity index (χ1v) is 9.29. The highest BCUT2D eigenvalue weighted by Crippen LogP contribution is 2.43. The molecule has 0 saturated heterocycles. The molecule has 5 nitrogen and oxygen atoms in total. The van der Waals surface area contributed by atoms with Gasteiger partial charge in [0.2, 0.25) is 0 Å². The van der Waals surface area contributed by atoms with E-state index in [2.05, 4.69) is 44.9 Å². The molecule has 0 bridgehead atoms. The Morgan fingerprint density at radius 2 is 1.48 bits per heavy atom. The Hall–Kier alpha value is -2.95. The summed E-state index contributed by atoms with van der Waals surface area (Å²) in [5.41, 5.74) is 4.67. The molecule has 3 aromatic rings. The van der Waals surface area contributed by atoms with Crippen molar-refractivity contribution in [2.75, 3.05) is 4.90 Å². The maximum atomic E-state index is 13.7. The van der Waals surface area contributed by atoms with Gasteiger partial charge in [-0.05, 0) is 46.8 Å². The first-order chi connectivity index (χ1) is 12.8. The molecule has 0 unspecified atom stereocenters. The number of carbonyl (C=O) groups is 1. The van der Waals surface area contributed by atoms with Gasteiger partial charge in [0.1, 0.15) is 5.69 Å². The van der Waals surface area contributed by atoms with E-state index in [4.69, 9.17) is 0 Å². The lowest BCUT2D eigenvalue weighted by Gasteiger charge is -2.38. The Bertz CT molecular complexity index is 1030. The summed E-state index contributed by atoms with van der Waals surface area (Å²) in [7, 11) is 0. The second-order valence-corrected chi connectivity index (χ2v) is 8.20. The maximum Gasteiger partial charge on any atom is 0.259 e. The Kier molecular flexibility index (Phi) is 3.91. The van der Waals surface area contributed by atoms with Gasteiger partial charge in [0, 0.05) is 28.3 Å². The number of rotatable bonds is 1. The van der Waals surface area contributed by atoms with E-state index in [-0.39, 0.29) is 17.5 Å². The lowest BCUT2D eigenvalue weighted by Crippen LogP contribution is -2.46. The summed E-state index contributed by atoms with van der Waals surface area (Å²) < 4.78 is 1.91. The van der Waals surface area contributed by atoms with Crippen molar-refractivity contribution in [3.8, 4) is 22.5 Å². The van der Waals surface area contributed by atoms with Crippen LogP contribution in [0.4, 0.5) is 5.69 Å². The molecule has 0 saturated carbocycles. The van der Waals surface area contributed by atoms with Crippen LogP contribution in [0.25, 0.3) is 22.5 Å². The van der Waals surface area contributed by atoms with Crippen molar-refractivity contribution < 1.29 is 4.79 Å². The molecule has 0 aliphatic carbocycles. The molecule has 4 rings (SSSR count). The largest absolute Gasteiger partial charge is 0.302 e. The van der Waals surface area contributed by atoms with E-state index in [1.54, 1.807) is 0 Å². The SMILES string of the molecule is CC(C)n1nnc2c1-c1ccccc1C(=O)N(C(C)(C)C)c1ccccc1-2. The van der Waals surface area contributed by atoms with Crippen LogP contribution in [0.5, 0.6) is 0 Å². The zero-order valence-electron chi connectivity index (χ0n) is 16.4. The maximum absolute atomic E-state index is 13.7. The number of carbonyl (C=O) groups excluding carboxylic acids is 1. The number of aromatic nitrogens is 3. The standard InChI is InChI=1S/C22H24N4O/c1-14(2)26-20-15-10-6-7-11-16(15)21(27)25(22(3,4)5)18-13-9-8-12-17(18)19(20)23-24-26/h6-14H,1-5H3. The third-order valence-electron chi connectivity index (χ3n) is 4.87. The number of anilines is 1. The van der Waals surface area contributed by atoms with E-state index in [1.165, 1.54) is 0 Å². The van der Waals surface area contributed by atoms with Crippen LogP contribution in [0.3, 0.4) is 0 Å². The number of para-hydroxylation sites is 1. The van der Waals surface area contributed by atoms with E-state index in [9.17, 15) is 4.79 Å². The summed E-state index contributed by atoms with van der Waals surface area (Å²) in [6.07, 6.45) is 0. The molecule has 27 heavy (non-hydrogen) atoms. The summed E-state index contributed by atoms with van der Waals surface area (Å²) in [5, 5.41) is 8.96. The van der Waals surface area contributed by atoms with Crippen molar-refractivity contribution in [2.24, 2.45) is 0 Å². The van der Waals surface area contributed by atoms with Crippen LogP contribution in [-0.4, -0.2) is 26.4 Å². The fourth-order valence-corrected chi connectivity index (χ4v) is 3.73. The van der Waals surface area contributed by atoms with Gasteiger partial charge in [0.25, 0.3) is 5.91 Å². The molecule has 0 atom stereocenters. The average Bonchev–Trinajstić information content (AvgIpc) is 3.05. The molecular weight excluding hydrogens is 336 g/mol. The Morgan fingerprint density at radius 1 is 0.889 bits per heavy atom. The van der Waals surface area contributed by atoms with Gasteiger partial charge in [0.15, 0.2) is 0 Å². The zero-order valence-corrected chi connectivity index (χ0v) is 16.4. The first-order valence-electron chi connectivity index (χ1n) is 9.29. The number of nitrogens with zero attached hydrogens (tertiary/aromatic N) is 4. The minimum absolute atomic E-state index is 0.00675. The van der Waals surface area contributed by atoms with Crippen LogP contribution in [0.15, 0.2) is 48.5 Å². The van der Waals surface area contributed by atoms with Crippen molar-refractivity contribution in [1.29, 1.82) is 0 Å². The fraction of sp³-hybridized carbons (Fsp3) is 0.318. The Labute approximate surface area is 159 Å². The molecule has 138 valence electrons. The van der Waals surface area contributed by atoms with E-state index in [0.29, 0.717) is 5.56 Å². The summed E-state index contributed by atoms with van der Waals surface area (Å²) in [6.45, 7) is 10.3. The zero-order chi connectivity index (χ0) is 19.3. The Morgan fingerprint density at radius 3 is 2.11 bits per heavy atom. The number of benzene rings is 2. The lowest BCUT2D eigenvalue weighted by atomic mass is 9.92. The summed E-state index contributed by atoms with van der Waals surface area (Å²) in [5.74, 6) is -0.00675. The second kappa shape index (κ2) is 6.05. The van der Waals surface area contributed by atoms with Crippen molar-refractivity contribution in [1.82, 2.24) is 15.0 Å². The third kappa shape index (κ3) is 2.65. The minimum atomic E-state index is -0.383. The molecular formula is C22H24N4O. The summed E-state index contributed by atoms with van der Waals surface area (Å²) in [4.78, 5) is 15.6. The Balaban J connectivity index is 2.16. The van der Waals surface area contributed by atoms with Crippen LogP contribution in [0, 0.1) is 0 Å². The van der Waals surface area contributed by atoms with Gasteiger partial charge in [0.05, 0.1) is 11.4 Å². The van der Waals surface area contributed by atoms with Gasteiger partial charge >= 0.3 is 0 Å². The van der Waals surface area contributed by atoms with Gasteiger partial charge in [-0.15, -0.1) is 5.10 Å². The van der Waals surface area contributed by atoms with Crippen LogP contribution in [-0.2, 0) is 0 Å². The van der Waals surface area contributed by atoms with Crippen molar-refractivity contribution in [3.05, 3.63) is 54.1 Å². The topological polar surface area (TPSA) is 51.0 Å². The highest BCUT2D eigenvalue weighted by molar-refractivity contribution is 6.14. The van der Waals surface area contributed by atoms with Crippen molar-refractivity contribution in [2.45, 2.75) is 46.2 Å². The predicted octanol–water partition coefficient (Wildman–Crippen LogP) is 4.95. The van der Waals surface area contributed by atoms with Gasteiger partial charge in [-0.1, -0.05) is 41.6 Å². The molecule has 1 aromatic heterocycles. The molecule has 0 radical (unpaired) electrons. The number of amides is 1. The fourth-order valence-electron chi connectivity index (χ4n) is 3.73. The number of fused-ring (bicyclic) bond motifs is 5. The number of hydrogen-bond acceptors (Lipinski definition) is 3. The molecule has 0 spiro atoms. The molecule has 1 aliphatic rings. The van der Waals surface area contributed by atoms with Gasteiger partial charge in [-0.25, -0.2) is 4.68 Å². The van der Waals surface area contributed by atoms with E-state index in [1.807, 2.05) is 58.1 Å². The van der Waals surface area contributed by atoms with E-state index in [0.717, 1.165) is 28.2 Å². The smallest absolute Gasteiger partial charge is 0.259 e. The van der Waals surface area contributed by atoms with Gasteiger partial charge < -0.3 is 4.90 Å². The quantitative estimate of drug-likeness (QED) is 0.617. The van der Waals surface area contributed by atoms with Crippen LogP contribution in [0.1, 0.15) is 51.0 Å². The van der Waals surface area contributed by atoms with E-state index < -0.39 is 0 Å². The van der Waals surface area contributed by atoms with Crippen LogP contribution < -0.4 is 4.90 Å². The summed E-state index contributed by atoms with van der Waals surface area (Å²) >= 11 is 0. The molecule has 5 heteroatoms. The highest BCUT2D eigenvalue weighted by atomic mass is 16.2. The first kappa shape index (κ1) is 17.5. The van der Waals surface area contributed by atoms with Crippen molar-refractivity contribution in [3.63, 3.8) is 0 Å². The monoisotopic (exact) mass is 360 g/mol. The second-order valence-electron chi connectivity index (χ2n) is 8.20. The average molecular weight is 360 g/mol. The molecule has 2 heterocycles. The van der Waals surface area contributed by atoms with Crippen LogP contribution >= 0.6 is 0 Å². The molecule has 1 aliphatic heterocycles.